The van der Waals surface area contributed by atoms with Gasteiger partial charge >= 0.3 is 40.0 Å². The summed E-state index contributed by atoms with van der Waals surface area (Å²) in [6.45, 7) is 4.06. The molecule has 1 unspecified atom stereocenters. The zero-order chi connectivity index (χ0) is 16.1. The van der Waals surface area contributed by atoms with Crippen molar-refractivity contribution in [3.63, 3.8) is 0 Å². The Labute approximate surface area is 157 Å². The molecule has 1 atom stereocenters. The predicted octanol–water partition coefficient (Wildman–Crippen LogP) is 0.629. The average molecular weight is 345 g/mol. The molecule has 0 radical (unpaired) electrons. The first-order valence-corrected chi connectivity index (χ1v) is 9.07. The molecule has 0 fully saturated rings. The van der Waals surface area contributed by atoms with E-state index >= 15 is 0 Å². The largest absolute Gasteiger partial charge is 1.00 e. The molecule has 0 heterocycles. The average Bonchev–Trinajstić information content (AvgIpc) is 2.34. The van der Waals surface area contributed by atoms with Crippen molar-refractivity contribution in [2.75, 3.05) is 6.54 Å². The number of carbonyl (C=O) groups excluding carboxylic acids is 1. The fourth-order valence-corrected chi connectivity index (χ4v) is 2.48. The number of rotatable bonds is 13. The quantitative estimate of drug-likeness (QED) is 0.300. The van der Waals surface area contributed by atoms with E-state index in [1.165, 1.54) is 39.0 Å². The molecular formula is C14H28NNaO5S. The van der Waals surface area contributed by atoms with Crippen molar-refractivity contribution >= 4 is 16.3 Å². The molecule has 0 aromatic heterocycles. The van der Waals surface area contributed by atoms with Gasteiger partial charge in [0.15, 0.2) is 0 Å². The summed E-state index contributed by atoms with van der Waals surface area (Å²) >= 11 is 0. The van der Waals surface area contributed by atoms with Gasteiger partial charge < -0.3 is 10.1 Å². The minimum atomic E-state index is -4.51. The molecule has 22 heavy (non-hydrogen) atoms. The minimum absolute atomic E-state index is 0. The number of unbranched alkanes of at least 4 members (excludes halogenated alkanes) is 7. The van der Waals surface area contributed by atoms with E-state index in [2.05, 4.69) is 16.4 Å². The van der Waals surface area contributed by atoms with Gasteiger partial charge in [-0.3, -0.25) is 4.55 Å². The Morgan fingerprint density at radius 1 is 1.09 bits per heavy atom. The van der Waals surface area contributed by atoms with Crippen LogP contribution in [0.4, 0.5) is 0 Å². The van der Waals surface area contributed by atoms with E-state index in [9.17, 15) is 13.2 Å². The van der Waals surface area contributed by atoms with Crippen LogP contribution in [0.15, 0.2) is 0 Å². The molecule has 0 spiro atoms. The zero-order valence-corrected chi connectivity index (χ0v) is 16.9. The molecule has 6 nitrogen and oxygen atoms in total. The van der Waals surface area contributed by atoms with E-state index in [1.807, 2.05) is 0 Å². The smallest absolute Gasteiger partial charge is 0.653 e. The van der Waals surface area contributed by atoms with Gasteiger partial charge in [-0.25, -0.2) is 4.18 Å². The molecule has 126 valence electrons. The topological polar surface area (TPSA) is 94.8 Å². The van der Waals surface area contributed by atoms with Crippen LogP contribution in [-0.4, -0.2) is 31.5 Å². The molecule has 0 saturated heterocycles. The Bertz CT molecular complexity index is 375. The van der Waals surface area contributed by atoms with Crippen LogP contribution in [0.1, 0.15) is 71.6 Å². The fourth-order valence-electron chi connectivity index (χ4n) is 2.00. The van der Waals surface area contributed by atoms with Gasteiger partial charge in [0.2, 0.25) is 0 Å². The summed E-state index contributed by atoms with van der Waals surface area (Å²) < 4.78 is 33.6. The van der Waals surface area contributed by atoms with E-state index in [1.54, 1.807) is 0 Å². The monoisotopic (exact) mass is 345 g/mol. The molecule has 1 N–H and O–H groups in total. The minimum Gasteiger partial charge on any atom is -0.653 e. The number of carbonyl (C=O) groups is 1. The number of nitrogens with zero attached hydrogens (tertiary/aromatic N) is 1. The SMILES string of the molecule is CCCCCCCCCC[N-]C(=O)CC(C)OS(=O)(=O)O.[Na+]. The van der Waals surface area contributed by atoms with E-state index < -0.39 is 22.4 Å². The van der Waals surface area contributed by atoms with Crippen molar-refractivity contribution in [3.05, 3.63) is 5.32 Å². The Kier molecular flexibility index (Phi) is 16.7. The zero-order valence-electron chi connectivity index (χ0n) is 14.1. The molecule has 0 bridgehead atoms. The molecular weight excluding hydrogens is 317 g/mol. The van der Waals surface area contributed by atoms with Gasteiger partial charge in [0.05, 0.1) is 12.0 Å². The summed E-state index contributed by atoms with van der Waals surface area (Å²) in [4.78, 5) is 11.4. The molecule has 0 aliphatic heterocycles. The Morgan fingerprint density at radius 3 is 2.09 bits per heavy atom. The molecule has 0 aromatic rings. The maximum Gasteiger partial charge on any atom is 1.00 e. The molecule has 0 aliphatic carbocycles. The molecule has 0 aliphatic rings. The summed E-state index contributed by atoms with van der Waals surface area (Å²) in [6.07, 6.45) is 8.40. The second-order valence-corrected chi connectivity index (χ2v) is 6.34. The maximum absolute atomic E-state index is 11.4. The Balaban J connectivity index is 0. The van der Waals surface area contributed by atoms with Crippen LogP contribution in [0, 0.1) is 0 Å². The third-order valence-electron chi connectivity index (χ3n) is 3.05. The first-order valence-electron chi connectivity index (χ1n) is 7.71. The van der Waals surface area contributed by atoms with Crippen LogP contribution >= 0.6 is 0 Å². The summed E-state index contributed by atoms with van der Waals surface area (Å²) in [5.41, 5.74) is 0. The van der Waals surface area contributed by atoms with E-state index in [0.717, 1.165) is 19.3 Å². The van der Waals surface area contributed by atoms with Gasteiger partial charge in [0.1, 0.15) is 0 Å². The van der Waals surface area contributed by atoms with Crippen LogP contribution in [0.25, 0.3) is 5.32 Å². The van der Waals surface area contributed by atoms with Crippen molar-refractivity contribution in [2.45, 2.75) is 77.7 Å². The number of amides is 1. The van der Waals surface area contributed by atoms with Gasteiger partial charge in [0, 0.05) is 6.42 Å². The van der Waals surface area contributed by atoms with Crippen molar-refractivity contribution in [1.82, 2.24) is 0 Å². The van der Waals surface area contributed by atoms with E-state index in [0.29, 0.717) is 6.54 Å². The van der Waals surface area contributed by atoms with Crippen molar-refractivity contribution < 1.29 is 51.5 Å². The normalized spacial score (nSPS) is 12.5. The summed E-state index contributed by atoms with van der Waals surface area (Å²) in [5, 5.41) is 3.85. The Morgan fingerprint density at radius 2 is 1.59 bits per heavy atom. The van der Waals surface area contributed by atoms with E-state index in [-0.39, 0.29) is 36.0 Å². The molecule has 8 heteroatoms. The van der Waals surface area contributed by atoms with Crippen molar-refractivity contribution in [3.8, 4) is 0 Å². The summed E-state index contributed by atoms with van der Waals surface area (Å²) in [5.74, 6) is -0.394. The summed E-state index contributed by atoms with van der Waals surface area (Å²) in [7, 11) is -4.51. The molecule has 0 rings (SSSR count). The molecule has 0 aromatic carbocycles. The van der Waals surface area contributed by atoms with Crippen molar-refractivity contribution in [1.29, 1.82) is 0 Å². The van der Waals surface area contributed by atoms with Crippen LogP contribution < -0.4 is 29.6 Å². The summed E-state index contributed by atoms with van der Waals surface area (Å²) in [6, 6.07) is 0. The van der Waals surface area contributed by atoms with Crippen molar-refractivity contribution in [2.24, 2.45) is 0 Å². The number of hydrogen-bond donors (Lipinski definition) is 1. The van der Waals surface area contributed by atoms with Gasteiger partial charge in [-0.15, -0.1) is 6.54 Å². The second kappa shape index (κ2) is 14.9. The third-order valence-corrected chi connectivity index (χ3v) is 3.62. The van der Waals surface area contributed by atoms with Crippen LogP contribution in [-0.2, 0) is 19.4 Å². The number of hydrogen-bond acceptors (Lipinski definition) is 4. The predicted molar refractivity (Wildman–Crippen MR) is 82.6 cm³/mol. The van der Waals surface area contributed by atoms with Gasteiger partial charge in [-0.2, -0.15) is 8.42 Å². The van der Waals surface area contributed by atoms with Crippen LogP contribution in [0.3, 0.4) is 0 Å². The maximum atomic E-state index is 11.4. The van der Waals surface area contributed by atoms with Gasteiger partial charge in [-0.05, 0) is 6.92 Å². The van der Waals surface area contributed by atoms with Gasteiger partial charge in [0.25, 0.3) is 0 Å². The van der Waals surface area contributed by atoms with Gasteiger partial charge in [-0.1, -0.05) is 58.3 Å². The fraction of sp³-hybridized carbons (Fsp3) is 0.929. The third kappa shape index (κ3) is 18.4. The second-order valence-electron chi connectivity index (χ2n) is 5.29. The Hall–Kier alpha value is 0.340. The molecule has 0 saturated carbocycles. The van der Waals surface area contributed by atoms with Crippen LogP contribution in [0.5, 0.6) is 0 Å². The van der Waals surface area contributed by atoms with E-state index in [4.69, 9.17) is 4.55 Å². The standard InChI is InChI=1S/C14H29NO5S.Na/c1-3-4-5-6-7-8-9-10-11-15-14(16)12-13(2)20-21(17,18)19;/h13H,3-12H2,1-2H3,(H2,15,16,17,18,19);/q;+1/p-1. The first kappa shape index (κ1) is 24.6. The van der Waals surface area contributed by atoms with Crippen LogP contribution in [0.2, 0.25) is 0 Å². The first-order chi connectivity index (χ1) is 9.85. The molecule has 1 amide bonds.